The third kappa shape index (κ3) is 3.09. The molecule has 20 heavy (non-hydrogen) atoms. The highest BCUT2D eigenvalue weighted by Gasteiger charge is 2.49. The van der Waals surface area contributed by atoms with Crippen LogP contribution in [0.15, 0.2) is 0 Å². The SMILES string of the molecule is CCC1(C)CC1CC1CCCC1CCCC1CCC1C. The van der Waals surface area contributed by atoms with Gasteiger partial charge in [-0.1, -0.05) is 72.1 Å². The third-order valence-electron chi connectivity index (χ3n) is 7.70. The second-order valence-electron chi connectivity index (χ2n) is 8.84. The Morgan fingerprint density at radius 3 is 2.30 bits per heavy atom. The van der Waals surface area contributed by atoms with Crippen LogP contribution in [-0.4, -0.2) is 0 Å². The molecule has 0 bridgehead atoms. The van der Waals surface area contributed by atoms with Crippen LogP contribution in [0.4, 0.5) is 0 Å². The van der Waals surface area contributed by atoms with Gasteiger partial charge in [0, 0.05) is 0 Å². The summed E-state index contributed by atoms with van der Waals surface area (Å²) in [5, 5.41) is 0. The van der Waals surface area contributed by atoms with Crippen molar-refractivity contribution in [2.75, 3.05) is 0 Å². The molecule has 0 nitrogen and oxygen atoms in total. The van der Waals surface area contributed by atoms with Crippen molar-refractivity contribution in [3.63, 3.8) is 0 Å². The van der Waals surface area contributed by atoms with Crippen molar-refractivity contribution < 1.29 is 0 Å². The molecule has 3 aliphatic rings. The Labute approximate surface area is 127 Å². The molecule has 0 amide bonds. The van der Waals surface area contributed by atoms with E-state index < -0.39 is 0 Å². The van der Waals surface area contributed by atoms with Crippen LogP contribution < -0.4 is 0 Å². The summed E-state index contributed by atoms with van der Waals surface area (Å²) in [6.07, 6.45) is 16.8. The quantitative estimate of drug-likeness (QED) is 0.501. The van der Waals surface area contributed by atoms with Crippen molar-refractivity contribution in [1.82, 2.24) is 0 Å². The summed E-state index contributed by atoms with van der Waals surface area (Å²) in [4.78, 5) is 0. The molecule has 0 heteroatoms. The van der Waals surface area contributed by atoms with Crippen LogP contribution in [-0.2, 0) is 0 Å². The second kappa shape index (κ2) is 6.01. The van der Waals surface area contributed by atoms with Crippen LogP contribution >= 0.6 is 0 Å². The van der Waals surface area contributed by atoms with Gasteiger partial charge in [-0.3, -0.25) is 0 Å². The summed E-state index contributed by atoms with van der Waals surface area (Å²) in [5.41, 5.74) is 0.745. The van der Waals surface area contributed by atoms with E-state index in [0.29, 0.717) is 0 Å². The Kier molecular flexibility index (Phi) is 4.48. The molecule has 3 saturated carbocycles. The predicted octanol–water partition coefficient (Wildman–Crippen LogP) is 6.45. The average Bonchev–Trinajstić information content (AvgIpc) is 2.87. The maximum Gasteiger partial charge on any atom is -0.0297 e. The summed E-state index contributed by atoms with van der Waals surface area (Å²) in [7, 11) is 0. The van der Waals surface area contributed by atoms with Gasteiger partial charge in [-0.15, -0.1) is 0 Å². The zero-order valence-corrected chi connectivity index (χ0v) is 14.2. The van der Waals surface area contributed by atoms with Gasteiger partial charge in [0.25, 0.3) is 0 Å². The molecule has 0 N–H and O–H groups in total. The highest BCUT2D eigenvalue weighted by atomic mass is 14.5. The Hall–Kier alpha value is 0. The number of hydrogen-bond acceptors (Lipinski definition) is 0. The maximum absolute atomic E-state index is 2.53. The fourth-order valence-electron chi connectivity index (χ4n) is 5.28. The predicted molar refractivity (Wildman–Crippen MR) is 87.7 cm³/mol. The standard InChI is InChI=1S/C20H36/c1-4-20(3)14-19(20)13-18-10-6-9-17(18)8-5-7-16-12-11-15(16)2/h15-19H,4-14H2,1-3H3. The first kappa shape index (κ1) is 14.9. The Bertz CT molecular complexity index is 320. The van der Waals surface area contributed by atoms with Gasteiger partial charge < -0.3 is 0 Å². The maximum atomic E-state index is 2.53. The molecule has 3 aliphatic carbocycles. The van der Waals surface area contributed by atoms with Crippen LogP contribution in [0, 0.1) is 35.0 Å². The minimum absolute atomic E-state index is 0.745. The van der Waals surface area contributed by atoms with Crippen LogP contribution in [0.25, 0.3) is 0 Å². The fraction of sp³-hybridized carbons (Fsp3) is 1.00. The molecule has 0 aromatic heterocycles. The van der Waals surface area contributed by atoms with E-state index in [-0.39, 0.29) is 0 Å². The summed E-state index contributed by atoms with van der Waals surface area (Å²) >= 11 is 0. The first-order valence-electron chi connectivity index (χ1n) is 9.62. The molecule has 6 atom stereocenters. The first-order valence-corrected chi connectivity index (χ1v) is 9.62. The lowest BCUT2D eigenvalue weighted by Gasteiger charge is -2.34. The zero-order valence-electron chi connectivity index (χ0n) is 14.2. The van der Waals surface area contributed by atoms with Crippen molar-refractivity contribution >= 4 is 0 Å². The molecule has 0 heterocycles. The molecular weight excluding hydrogens is 240 g/mol. The lowest BCUT2D eigenvalue weighted by molar-refractivity contribution is 0.173. The van der Waals surface area contributed by atoms with Gasteiger partial charge in [-0.2, -0.15) is 0 Å². The van der Waals surface area contributed by atoms with Crippen molar-refractivity contribution in [1.29, 1.82) is 0 Å². The summed E-state index contributed by atoms with van der Waals surface area (Å²) in [6.45, 7) is 7.39. The lowest BCUT2D eigenvalue weighted by Crippen LogP contribution is -2.23. The molecule has 6 unspecified atom stereocenters. The fourth-order valence-corrected chi connectivity index (χ4v) is 5.28. The summed E-state index contributed by atoms with van der Waals surface area (Å²) < 4.78 is 0. The number of rotatable bonds is 7. The van der Waals surface area contributed by atoms with Gasteiger partial charge in [-0.05, 0) is 54.3 Å². The molecule has 0 radical (unpaired) electrons. The van der Waals surface area contributed by atoms with Crippen molar-refractivity contribution in [2.45, 2.75) is 91.4 Å². The van der Waals surface area contributed by atoms with Crippen LogP contribution in [0.5, 0.6) is 0 Å². The van der Waals surface area contributed by atoms with Crippen molar-refractivity contribution in [2.24, 2.45) is 35.0 Å². The van der Waals surface area contributed by atoms with E-state index in [2.05, 4.69) is 20.8 Å². The van der Waals surface area contributed by atoms with Gasteiger partial charge >= 0.3 is 0 Å². The third-order valence-corrected chi connectivity index (χ3v) is 7.70. The van der Waals surface area contributed by atoms with E-state index in [0.717, 1.165) is 35.0 Å². The highest BCUT2D eigenvalue weighted by molar-refractivity contribution is 4.99. The van der Waals surface area contributed by atoms with Crippen molar-refractivity contribution in [3.8, 4) is 0 Å². The van der Waals surface area contributed by atoms with Gasteiger partial charge in [-0.25, -0.2) is 0 Å². The number of hydrogen-bond donors (Lipinski definition) is 0. The molecule has 0 aromatic rings. The minimum atomic E-state index is 0.745. The van der Waals surface area contributed by atoms with Gasteiger partial charge in [0.1, 0.15) is 0 Å². The average molecular weight is 277 g/mol. The molecular formula is C20H36. The topological polar surface area (TPSA) is 0 Å². The van der Waals surface area contributed by atoms with Crippen LogP contribution in [0.3, 0.4) is 0 Å². The molecule has 3 fully saturated rings. The molecule has 0 spiro atoms. The molecule has 0 saturated heterocycles. The van der Waals surface area contributed by atoms with Gasteiger partial charge in [0.2, 0.25) is 0 Å². The van der Waals surface area contributed by atoms with E-state index >= 15 is 0 Å². The van der Waals surface area contributed by atoms with Crippen LogP contribution in [0.2, 0.25) is 0 Å². The molecule has 0 aromatic carbocycles. The van der Waals surface area contributed by atoms with Gasteiger partial charge in [0.15, 0.2) is 0 Å². The largest absolute Gasteiger partial charge is 0.0649 e. The van der Waals surface area contributed by atoms with Crippen molar-refractivity contribution in [3.05, 3.63) is 0 Å². The Morgan fingerprint density at radius 2 is 1.70 bits per heavy atom. The normalized spacial score (nSPS) is 47.2. The second-order valence-corrected chi connectivity index (χ2v) is 8.84. The summed E-state index contributed by atoms with van der Waals surface area (Å²) in [6, 6.07) is 0. The highest BCUT2D eigenvalue weighted by Crippen LogP contribution is 2.59. The minimum Gasteiger partial charge on any atom is -0.0649 e. The van der Waals surface area contributed by atoms with E-state index in [4.69, 9.17) is 0 Å². The zero-order chi connectivity index (χ0) is 14.2. The molecule has 116 valence electrons. The van der Waals surface area contributed by atoms with Crippen LogP contribution in [0.1, 0.15) is 91.4 Å². The first-order chi connectivity index (χ1) is 9.62. The Balaban J connectivity index is 1.37. The molecule has 3 rings (SSSR count). The summed E-state index contributed by atoms with van der Waals surface area (Å²) in [5.74, 6) is 5.44. The monoisotopic (exact) mass is 276 g/mol. The van der Waals surface area contributed by atoms with E-state index in [9.17, 15) is 0 Å². The van der Waals surface area contributed by atoms with Gasteiger partial charge in [0.05, 0.1) is 0 Å². The molecule has 0 aliphatic heterocycles. The van der Waals surface area contributed by atoms with E-state index in [1.165, 1.54) is 38.5 Å². The Morgan fingerprint density at radius 1 is 0.950 bits per heavy atom. The van der Waals surface area contributed by atoms with E-state index in [1.54, 1.807) is 32.1 Å². The smallest absolute Gasteiger partial charge is 0.0297 e. The lowest BCUT2D eigenvalue weighted by atomic mass is 9.72. The van der Waals surface area contributed by atoms with E-state index in [1.807, 2.05) is 0 Å².